The van der Waals surface area contributed by atoms with Crippen LogP contribution in [0, 0.1) is 22.7 Å². The highest BCUT2D eigenvalue weighted by molar-refractivity contribution is 5.92. The van der Waals surface area contributed by atoms with E-state index >= 15 is 0 Å². The van der Waals surface area contributed by atoms with Crippen LogP contribution in [0.2, 0.25) is 0 Å². The van der Waals surface area contributed by atoms with Gasteiger partial charge in [0.05, 0.1) is 11.5 Å². The van der Waals surface area contributed by atoms with Crippen molar-refractivity contribution in [2.75, 3.05) is 0 Å². The molecule has 1 heterocycles. The Bertz CT molecular complexity index is 828. The van der Waals surface area contributed by atoms with Gasteiger partial charge in [-0.1, -0.05) is 74.5 Å². The third kappa shape index (κ3) is 1.85. The fraction of sp³-hybridized carbons (Fsp3) is 0.458. The van der Waals surface area contributed by atoms with Crippen LogP contribution in [-0.2, 0) is 11.3 Å². The lowest BCUT2D eigenvalue weighted by Gasteiger charge is -2.64. The number of hydrogen-bond acceptors (Lipinski definition) is 1. The van der Waals surface area contributed by atoms with Crippen molar-refractivity contribution in [3.05, 3.63) is 71.8 Å². The summed E-state index contributed by atoms with van der Waals surface area (Å²) in [5.74, 6) is 1.64. The second-order valence-electron chi connectivity index (χ2n) is 9.03. The van der Waals surface area contributed by atoms with E-state index in [2.05, 4.69) is 73.3 Å². The zero-order chi connectivity index (χ0) is 17.9. The Morgan fingerprint density at radius 3 is 2.15 bits per heavy atom. The Morgan fingerprint density at radius 2 is 1.54 bits per heavy atom. The van der Waals surface area contributed by atoms with Crippen LogP contribution in [0.1, 0.15) is 50.3 Å². The normalized spacial score (nSPS) is 34.3. The van der Waals surface area contributed by atoms with Gasteiger partial charge in [-0.3, -0.25) is 4.79 Å². The van der Waals surface area contributed by atoms with Gasteiger partial charge in [0, 0.05) is 6.54 Å². The minimum atomic E-state index is -0.202. The number of fused-ring (bicyclic) bond motifs is 3. The summed E-state index contributed by atoms with van der Waals surface area (Å²) in [6, 6.07) is 21.4. The number of carbonyl (C=O) groups is 1. The molecule has 1 spiro atoms. The molecule has 1 aliphatic heterocycles. The first-order valence-corrected chi connectivity index (χ1v) is 9.96. The molecule has 1 amide bonds. The second kappa shape index (κ2) is 5.45. The van der Waals surface area contributed by atoms with Crippen LogP contribution in [0.5, 0.6) is 0 Å². The van der Waals surface area contributed by atoms with E-state index in [1.54, 1.807) is 0 Å². The summed E-state index contributed by atoms with van der Waals surface area (Å²) in [6.07, 6.45) is 3.76. The van der Waals surface area contributed by atoms with Crippen molar-refractivity contribution in [1.82, 2.24) is 4.90 Å². The minimum absolute atomic E-state index is 0.0840. The van der Waals surface area contributed by atoms with E-state index in [1.807, 2.05) is 6.07 Å². The van der Waals surface area contributed by atoms with Gasteiger partial charge in [-0.2, -0.15) is 0 Å². The van der Waals surface area contributed by atoms with Crippen LogP contribution in [-0.4, -0.2) is 10.8 Å². The molecule has 4 atom stereocenters. The largest absolute Gasteiger partial charge is 0.330 e. The smallest absolute Gasteiger partial charge is 0.232 e. The second-order valence-corrected chi connectivity index (χ2v) is 9.03. The maximum atomic E-state index is 13.7. The molecule has 0 N–H and O–H groups in total. The molecule has 2 nitrogen and oxygen atoms in total. The molecule has 2 aromatic rings. The standard InChI is InChI=1S/C24H27NO/c1-23(2)19-13-14-20(15-19)24(23)21(18-11-7-4-8-12-18)25(22(24)26)16-17-9-5-3-6-10-17/h3-12,19-21H,13-16H2,1-2H3/t19-,20+,21+,24+/m1/s1. The summed E-state index contributed by atoms with van der Waals surface area (Å²) in [6.45, 7) is 5.45. The summed E-state index contributed by atoms with van der Waals surface area (Å²) < 4.78 is 0. The Balaban J connectivity index is 1.59. The third-order valence-electron chi connectivity index (χ3n) is 7.83. The molecule has 5 rings (SSSR count). The Labute approximate surface area is 156 Å². The van der Waals surface area contributed by atoms with E-state index in [1.165, 1.54) is 30.4 Å². The van der Waals surface area contributed by atoms with Gasteiger partial charge in [-0.25, -0.2) is 0 Å². The molecule has 0 unspecified atom stereocenters. The molecule has 2 bridgehead atoms. The van der Waals surface area contributed by atoms with Crippen LogP contribution in [0.15, 0.2) is 60.7 Å². The van der Waals surface area contributed by atoms with Crippen molar-refractivity contribution in [2.45, 2.75) is 45.7 Å². The predicted molar refractivity (Wildman–Crippen MR) is 103 cm³/mol. The molecular formula is C24H27NO. The van der Waals surface area contributed by atoms with E-state index in [4.69, 9.17) is 0 Å². The third-order valence-corrected chi connectivity index (χ3v) is 7.83. The zero-order valence-electron chi connectivity index (χ0n) is 15.7. The molecule has 134 valence electrons. The van der Waals surface area contributed by atoms with Gasteiger partial charge in [0.2, 0.25) is 5.91 Å². The average molecular weight is 345 g/mol. The van der Waals surface area contributed by atoms with Crippen molar-refractivity contribution in [3.8, 4) is 0 Å². The lowest BCUT2D eigenvalue weighted by Crippen LogP contribution is -2.70. The van der Waals surface area contributed by atoms with Crippen molar-refractivity contribution >= 4 is 5.91 Å². The summed E-state index contributed by atoms with van der Waals surface area (Å²) in [5, 5.41) is 0. The maximum Gasteiger partial charge on any atom is 0.232 e. The summed E-state index contributed by atoms with van der Waals surface area (Å²) in [4.78, 5) is 15.9. The minimum Gasteiger partial charge on any atom is -0.330 e. The van der Waals surface area contributed by atoms with Crippen molar-refractivity contribution in [1.29, 1.82) is 0 Å². The van der Waals surface area contributed by atoms with E-state index in [0.717, 1.165) is 0 Å². The molecule has 0 aromatic heterocycles. The Morgan fingerprint density at radius 1 is 0.923 bits per heavy atom. The first kappa shape index (κ1) is 16.1. The molecule has 2 aromatic carbocycles. The van der Waals surface area contributed by atoms with E-state index in [-0.39, 0.29) is 16.9 Å². The molecule has 2 heteroatoms. The van der Waals surface area contributed by atoms with Gasteiger partial charge >= 0.3 is 0 Å². The summed E-state index contributed by atoms with van der Waals surface area (Å²) in [5.41, 5.74) is 2.41. The number of rotatable bonds is 3. The quantitative estimate of drug-likeness (QED) is 0.699. The van der Waals surface area contributed by atoms with Crippen LogP contribution in [0.3, 0.4) is 0 Å². The van der Waals surface area contributed by atoms with Gasteiger partial charge in [-0.15, -0.1) is 0 Å². The number of β-lactam (4-membered cyclic amide) rings is 1. The SMILES string of the molecule is CC1(C)[C@@H]2CC[C@@H](C2)[C@]12C(=O)N(Cc1ccccc1)[C@H]2c1ccccc1. The van der Waals surface area contributed by atoms with Crippen LogP contribution in [0.4, 0.5) is 0 Å². The van der Waals surface area contributed by atoms with E-state index in [0.29, 0.717) is 24.3 Å². The molecule has 2 saturated carbocycles. The van der Waals surface area contributed by atoms with Gasteiger partial charge in [0.1, 0.15) is 0 Å². The Hall–Kier alpha value is -2.09. The van der Waals surface area contributed by atoms with Gasteiger partial charge in [-0.05, 0) is 47.6 Å². The first-order valence-electron chi connectivity index (χ1n) is 9.96. The maximum absolute atomic E-state index is 13.7. The molecule has 3 fully saturated rings. The van der Waals surface area contributed by atoms with E-state index < -0.39 is 0 Å². The number of hydrogen-bond donors (Lipinski definition) is 0. The number of likely N-dealkylation sites (tertiary alicyclic amines) is 1. The number of nitrogens with zero attached hydrogens (tertiary/aromatic N) is 1. The fourth-order valence-corrected chi connectivity index (χ4v) is 6.61. The number of amides is 1. The predicted octanol–water partition coefficient (Wildman–Crippen LogP) is 5.21. The topological polar surface area (TPSA) is 20.3 Å². The molecule has 1 saturated heterocycles. The molecule has 0 radical (unpaired) electrons. The molecule has 3 aliphatic rings. The van der Waals surface area contributed by atoms with Crippen LogP contribution >= 0.6 is 0 Å². The van der Waals surface area contributed by atoms with Crippen LogP contribution in [0.25, 0.3) is 0 Å². The molecule has 2 aliphatic carbocycles. The van der Waals surface area contributed by atoms with Crippen molar-refractivity contribution in [2.24, 2.45) is 22.7 Å². The van der Waals surface area contributed by atoms with Gasteiger partial charge < -0.3 is 4.90 Å². The fourth-order valence-electron chi connectivity index (χ4n) is 6.61. The summed E-state index contributed by atoms with van der Waals surface area (Å²) in [7, 11) is 0. The monoisotopic (exact) mass is 345 g/mol. The van der Waals surface area contributed by atoms with Crippen LogP contribution < -0.4 is 0 Å². The highest BCUT2D eigenvalue weighted by Gasteiger charge is 2.76. The summed E-state index contributed by atoms with van der Waals surface area (Å²) >= 11 is 0. The number of benzene rings is 2. The van der Waals surface area contributed by atoms with Crippen molar-refractivity contribution < 1.29 is 4.79 Å². The Kier molecular flexibility index (Phi) is 3.38. The van der Waals surface area contributed by atoms with Crippen molar-refractivity contribution in [3.63, 3.8) is 0 Å². The highest BCUT2D eigenvalue weighted by Crippen LogP contribution is 2.75. The lowest BCUT2D eigenvalue weighted by molar-refractivity contribution is -0.204. The van der Waals surface area contributed by atoms with Gasteiger partial charge in [0.25, 0.3) is 0 Å². The molecule has 26 heavy (non-hydrogen) atoms. The molecular weight excluding hydrogens is 318 g/mol. The lowest BCUT2D eigenvalue weighted by atomic mass is 9.48. The first-order chi connectivity index (χ1) is 12.6. The zero-order valence-corrected chi connectivity index (χ0v) is 15.7. The highest BCUT2D eigenvalue weighted by atomic mass is 16.2. The van der Waals surface area contributed by atoms with E-state index in [9.17, 15) is 4.79 Å². The average Bonchev–Trinajstić information content (AvgIpc) is 3.23. The van der Waals surface area contributed by atoms with Gasteiger partial charge in [0.15, 0.2) is 0 Å². The number of carbonyl (C=O) groups excluding carboxylic acids is 1.